The first-order chi connectivity index (χ1) is 18.2. The maximum absolute atomic E-state index is 14.0. The van der Waals surface area contributed by atoms with E-state index in [1.807, 2.05) is 5.32 Å². The summed E-state index contributed by atoms with van der Waals surface area (Å²) in [5, 5.41) is 4.68. The van der Waals surface area contributed by atoms with Gasteiger partial charge < -0.3 is 20.4 Å². The maximum Gasteiger partial charge on any atom is 0.272 e. The third-order valence-electron chi connectivity index (χ3n) is 5.72. The summed E-state index contributed by atoms with van der Waals surface area (Å²) in [5.74, 6) is -13.3. The Hall–Kier alpha value is -4.88. The van der Waals surface area contributed by atoms with Crippen molar-refractivity contribution in [3.8, 4) is 5.75 Å². The highest BCUT2D eigenvalue weighted by Crippen LogP contribution is 2.27. The number of amides is 2. The van der Waals surface area contributed by atoms with Crippen molar-refractivity contribution in [1.82, 2.24) is 20.3 Å². The molecule has 194 valence electrons. The molecular formula is C24H14F5N5O4. The van der Waals surface area contributed by atoms with Crippen LogP contribution in [0.5, 0.6) is 5.75 Å². The van der Waals surface area contributed by atoms with Crippen LogP contribution in [0.25, 0.3) is 11.0 Å². The summed E-state index contributed by atoms with van der Waals surface area (Å²) in [6.07, 6.45) is 2.31. The number of fused-ring (bicyclic) bond motifs is 2. The van der Waals surface area contributed by atoms with Gasteiger partial charge in [0, 0.05) is 24.7 Å². The highest BCUT2D eigenvalue weighted by molar-refractivity contribution is 6.11. The summed E-state index contributed by atoms with van der Waals surface area (Å²) in [5.41, 5.74) is -0.694. The number of ketones is 1. The standard InChI is InChI=1S/C24H14F5N5O4/c25-15-14(16(26)18(28)19(29)17(15)27)23(36)34-12-6-30-21-20(12)32-8-33-22(21)24(37)31-5-9-1-2-13-10(3-9)4-11(35)7-38-13/h1-3,6,8,30H,4-5,7H2,(H,31,37)(H,34,36). The lowest BCUT2D eigenvalue weighted by Crippen LogP contribution is -2.25. The van der Waals surface area contributed by atoms with Crippen molar-refractivity contribution in [1.29, 1.82) is 0 Å². The molecule has 9 nitrogen and oxygen atoms in total. The second kappa shape index (κ2) is 9.53. The number of ether oxygens (including phenoxy) is 1. The normalized spacial score (nSPS) is 12.7. The van der Waals surface area contributed by atoms with Crippen LogP contribution in [0.4, 0.5) is 27.6 Å². The number of halogens is 5. The predicted molar refractivity (Wildman–Crippen MR) is 120 cm³/mol. The monoisotopic (exact) mass is 531 g/mol. The molecule has 0 bridgehead atoms. The Morgan fingerprint density at radius 3 is 2.42 bits per heavy atom. The molecule has 0 saturated heterocycles. The van der Waals surface area contributed by atoms with Gasteiger partial charge in [-0.3, -0.25) is 14.4 Å². The van der Waals surface area contributed by atoms with E-state index in [2.05, 4.69) is 20.3 Å². The van der Waals surface area contributed by atoms with Crippen molar-refractivity contribution < 1.29 is 41.1 Å². The molecule has 2 amide bonds. The number of hydrogen-bond acceptors (Lipinski definition) is 6. The Morgan fingerprint density at radius 1 is 0.974 bits per heavy atom. The molecule has 0 unspecified atom stereocenters. The fourth-order valence-corrected chi connectivity index (χ4v) is 3.91. The third-order valence-corrected chi connectivity index (χ3v) is 5.72. The van der Waals surface area contributed by atoms with Crippen LogP contribution in [-0.4, -0.2) is 39.2 Å². The number of rotatable bonds is 5. The van der Waals surface area contributed by atoms with Gasteiger partial charge in [-0.15, -0.1) is 0 Å². The number of H-pyrrole nitrogens is 1. The molecule has 5 rings (SSSR count). The van der Waals surface area contributed by atoms with Gasteiger partial charge in [-0.1, -0.05) is 6.07 Å². The number of nitrogens with one attached hydrogen (secondary N) is 3. The zero-order chi connectivity index (χ0) is 27.1. The average molecular weight is 531 g/mol. The number of carbonyl (C=O) groups excluding carboxylic acids is 3. The average Bonchev–Trinajstić information content (AvgIpc) is 3.32. The molecule has 14 heteroatoms. The molecule has 0 aliphatic carbocycles. The van der Waals surface area contributed by atoms with E-state index in [-0.39, 0.29) is 47.8 Å². The number of aromatic nitrogens is 3. The van der Waals surface area contributed by atoms with Crippen molar-refractivity contribution in [2.75, 3.05) is 11.9 Å². The van der Waals surface area contributed by atoms with E-state index < -0.39 is 46.5 Å². The molecule has 0 fully saturated rings. The molecule has 3 N–H and O–H groups in total. The summed E-state index contributed by atoms with van der Waals surface area (Å²) >= 11 is 0. The first kappa shape index (κ1) is 24.8. The Labute approximate surface area is 209 Å². The van der Waals surface area contributed by atoms with Crippen LogP contribution in [0.2, 0.25) is 0 Å². The summed E-state index contributed by atoms with van der Waals surface area (Å²) < 4.78 is 73.6. The zero-order valence-corrected chi connectivity index (χ0v) is 18.9. The van der Waals surface area contributed by atoms with Crippen LogP contribution in [0, 0.1) is 29.1 Å². The Bertz CT molecular complexity index is 1630. The van der Waals surface area contributed by atoms with Gasteiger partial charge in [0.05, 0.1) is 11.2 Å². The molecule has 1 aliphatic heterocycles. The summed E-state index contributed by atoms with van der Waals surface area (Å²) in [7, 11) is 0. The van der Waals surface area contributed by atoms with Gasteiger partial charge in [-0.25, -0.2) is 31.9 Å². The lowest BCUT2D eigenvalue weighted by atomic mass is 10.0. The number of benzene rings is 2. The van der Waals surface area contributed by atoms with Gasteiger partial charge >= 0.3 is 0 Å². The molecule has 0 radical (unpaired) electrons. The molecule has 0 atom stereocenters. The second-order valence-electron chi connectivity index (χ2n) is 8.18. The van der Waals surface area contributed by atoms with Crippen LogP contribution in [-0.2, 0) is 17.8 Å². The minimum atomic E-state index is -2.40. The lowest BCUT2D eigenvalue weighted by Gasteiger charge is -2.17. The van der Waals surface area contributed by atoms with Crippen molar-refractivity contribution in [2.24, 2.45) is 0 Å². The molecule has 38 heavy (non-hydrogen) atoms. The largest absolute Gasteiger partial charge is 0.486 e. The quantitative estimate of drug-likeness (QED) is 0.206. The highest BCUT2D eigenvalue weighted by Gasteiger charge is 2.30. The minimum absolute atomic E-state index is 0.00688. The molecular weight excluding hydrogens is 517 g/mol. The lowest BCUT2D eigenvalue weighted by molar-refractivity contribution is -0.121. The SMILES string of the molecule is O=C1COc2ccc(CNC(=O)c3ncnc4c(NC(=O)c5c(F)c(F)c(F)c(F)c5F)c[nH]c34)cc2C1. The number of anilines is 1. The second-order valence-corrected chi connectivity index (χ2v) is 8.18. The van der Waals surface area contributed by atoms with Gasteiger partial charge in [0.25, 0.3) is 11.8 Å². The fourth-order valence-electron chi connectivity index (χ4n) is 3.91. The van der Waals surface area contributed by atoms with Crippen molar-refractivity contribution in [2.45, 2.75) is 13.0 Å². The van der Waals surface area contributed by atoms with Crippen LogP contribution in [0.3, 0.4) is 0 Å². The van der Waals surface area contributed by atoms with Crippen LogP contribution < -0.4 is 15.4 Å². The zero-order valence-electron chi connectivity index (χ0n) is 18.9. The molecule has 0 spiro atoms. The van der Waals surface area contributed by atoms with Crippen LogP contribution >= 0.6 is 0 Å². The van der Waals surface area contributed by atoms with E-state index >= 15 is 0 Å². The number of hydrogen-bond donors (Lipinski definition) is 3. The Balaban J connectivity index is 1.36. The van der Waals surface area contributed by atoms with E-state index in [1.54, 1.807) is 18.2 Å². The van der Waals surface area contributed by atoms with Crippen molar-refractivity contribution in [3.05, 3.63) is 82.2 Å². The van der Waals surface area contributed by atoms with E-state index in [0.29, 0.717) is 16.9 Å². The predicted octanol–water partition coefficient (Wildman–Crippen LogP) is 3.34. The highest BCUT2D eigenvalue weighted by atomic mass is 19.2. The number of aromatic amines is 1. The van der Waals surface area contributed by atoms with Crippen LogP contribution in [0.15, 0.2) is 30.7 Å². The molecule has 2 aromatic heterocycles. The number of carbonyl (C=O) groups is 3. The molecule has 4 aromatic rings. The van der Waals surface area contributed by atoms with Gasteiger partial charge in [-0.2, -0.15) is 0 Å². The van der Waals surface area contributed by atoms with Gasteiger partial charge in [-0.05, 0) is 17.7 Å². The molecule has 1 aliphatic rings. The first-order valence-electron chi connectivity index (χ1n) is 10.8. The molecule has 0 saturated carbocycles. The first-order valence-corrected chi connectivity index (χ1v) is 10.8. The summed E-state index contributed by atoms with van der Waals surface area (Å²) in [6.45, 7) is 0.0727. The Morgan fingerprint density at radius 2 is 1.68 bits per heavy atom. The maximum atomic E-state index is 14.0. The molecule has 2 aromatic carbocycles. The summed E-state index contributed by atoms with van der Waals surface area (Å²) in [4.78, 5) is 47.3. The number of nitrogens with zero attached hydrogens (tertiary/aromatic N) is 2. The van der Waals surface area contributed by atoms with Crippen molar-refractivity contribution >= 4 is 34.3 Å². The van der Waals surface area contributed by atoms with Gasteiger partial charge in [0.15, 0.2) is 34.7 Å². The topological polar surface area (TPSA) is 126 Å². The van der Waals surface area contributed by atoms with E-state index in [4.69, 9.17) is 4.74 Å². The third kappa shape index (κ3) is 4.29. The minimum Gasteiger partial charge on any atom is -0.486 e. The van der Waals surface area contributed by atoms with Gasteiger partial charge in [0.1, 0.15) is 29.8 Å². The van der Waals surface area contributed by atoms with E-state index in [0.717, 1.165) is 12.5 Å². The summed E-state index contributed by atoms with van der Waals surface area (Å²) in [6, 6.07) is 5.13. The van der Waals surface area contributed by atoms with E-state index in [9.17, 15) is 36.3 Å². The number of Topliss-reactive ketones (excluding diaryl/α,β-unsaturated/α-hetero) is 1. The smallest absolute Gasteiger partial charge is 0.272 e. The Kier molecular flexibility index (Phi) is 6.22. The van der Waals surface area contributed by atoms with Crippen LogP contribution in [0.1, 0.15) is 32.0 Å². The van der Waals surface area contributed by atoms with E-state index in [1.165, 1.54) is 0 Å². The fraction of sp³-hybridized carbons (Fsp3) is 0.125. The van der Waals surface area contributed by atoms with Crippen molar-refractivity contribution in [3.63, 3.8) is 0 Å². The van der Waals surface area contributed by atoms with Gasteiger partial charge in [0.2, 0.25) is 5.82 Å². The molecule has 3 heterocycles.